The van der Waals surface area contributed by atoms with Crippen LogP contribution in [-0.2, 0) is 13.5 Å². The van der Waals surface area contributed by atoms with Gasteiger partial charge in [-0.2, -0.15) is 23.4 Å². The van der Waals surface area contributed by atoms with Crippen LogP contribution in [0.15, 0.2) is 42.6 Å². The first-order valence-corrected chi connectivity index (χ1v) is 11.6. The quantitative estimate of drug-likeness (QED) is 0.421. The highest BCUT2D eigenvalue weighted by molar-refractivity contribution is 5.95. The number of amides is 1. The smallest absolute Gasteiger partial charge is 0.338 e. The normalized spacial score (nSPS) is 17.0. The molecule has 2 aliphatic carbocycles. The minimum atomic E-state index is -4.45. The first kappa shape index (κ1) is 21.8. The molecule has 2 fully saturated rings. The van der Waals surface area contributed by atoms with Crippen LogP contribution in [0.4, 0.5) is 13.2 Å². The highest BCUT2D eigenvalue weighted by atomic mass is 19.4. The maximum absolute atomic E-state index is 13.1. The molecule has 2 saturated carbocycles. The molecule has 0 radical (unpaired) electrons. The van der Waals surface area contributed by atoms with Crippen LogP contribution in [0.1, 0.15) is 58.9 Å². The molecule has 10 heteroatoms. The number of halogens is 3. The molecule has 2 heterocycles. The van der Waals surface area contributed by atoms with Crippen molar-refractivity contribution in [1.29, 1.82) is 0 Å². The van der Waals surface area contributed by atoms with Gasteiger partial charge in [-0.15, -0.1) is 0 Å². The molecule has 1 amide bonds. The molecule has 7 nitrogen and oxygen atoms in total. The molecule has 0 bridgehead atoms. The highest BCUT2D eigenvalue weighted by Crippen LogP contribution is 2.49. The van der Waals surface area contributed by atoms with Gasteiger partial charge in [-0.05, 0) is 60.9 Å². The minimum Gasteiger partial charge on any atom is -0.338 e. The third-order valence-corrected chi connectivity index (χ3v) is 6.99. The van der Waals surface area contributed by atoms with Crippen LogP contribution >= 0.6 is 0 Å². The molecule has 0 unspecified atom stereocenters. The first-order chi connectivity index (χ1) is 16.7. The zero-order valence-electron chi connectivity index (χ0n) is 19.0. The maximum Gasteiger partial charge on any atom is 0.411 e. The topological polar surface area (TPSA) is 88.5 Å². The Morgan fingerprint density at radius 3 is 2.57 bits per heavy atom. The Balaban J connectivity index is 1.22. The van der Waals surface area contributed by atoms with Crippen molar-refractivity contribution in [1.82, 2.24) is 30.3 Å². The SMILES string of the molecule is Cn1nc(-c2ccc(C(=O)NC3(C(F)(F)F)CC3)cc2)nc1Cc1ccc2[nH]ncc2c1C1CC1. The van der Waals surface area contributed by atoms with Gasteiger partial charge in [0.15, 0.2) is 5.82 Å². The van der Waals surface area contributed by atoms with Crippen LogP contribution < -0.4 is 5.32 Å². The summed E-state index contributed by atoms with van der Waals surface area (Å²) in [7, 11) is 1.84. The van der Waals surface area contributed by atoms with Gasteiger partial charge in [-0.1, -0.05) is 18.2 Å². The molecule has 0 atom stereocenters. The average Bonchev–Trinajstić information content (AvgIpc) is 3.73. The lowest BCUT2D eigenvalue weighted by Gasteiger charge is -2.20. The van der Waals surface area contributed by atoms with E-state index in [-0.39, 0.29) is 18.4 Å². The number of aromatic amines is 1. The number of rotatable bonds is 6. The molecule has 2 aliphatic rings. The van der Waals surface area contributed by atoms with E-state index in [4.69, 9.17) is 4.98 Å². The molecular weight excluding hydrogens is 457 g/mol. The van der Waals surface area contributed by atoms with E-state index in [1.807, 2.05) is 19.3 Å². The van der Waals surface area contributed by atoms with Crippen molar-refractivity contribution in [3.8, 4) is 11.4 Å². The van der Waals surface area contributed by atoms with E-state index >= 15 is 0 Å². The van der Waals surface area contributed by atoms with Crippen LogP contribution in [0.3, 0.4) is 0 Å². The molecule has 4 aromatic rings. The van der Waals surface area contributed by atoms with Crippen LogP contribution in [0, 0.1) is 0 Å². The Bertz CT molecular complexity index is 1430. The second-order valence-electron chi connectivity index (χ2n) is 9.51. The fourth-order valence-corrected chi connectivity index (χ4v) is 4.62. The zero-order chi connectivity index (χ0) is 24.4. The van der Waals surface area contributed by atoms with E-state index in [1.54, 1.807) is 16.8 Å². The Morgan fingerprint density at radius 1 is 1.17 bits per heavy atom. The number of carbonyl (C=O) groups is 1. The number of hydrogen-bond acceptors (Lipinski definition) is 4. The molecule has 2 N–H and O–H groups in total. The predicted molar refractivity (Wildman–Crippen MR) is 123 cm³/mol. The summed E-state index contributed by atoms with van der Waals surface area (Å²) in [5, 5.41) is 15.1. The second kappa shape index (κ2) is 7.66. The van der Waals surface area contributed by atoms with Gasteiger partial charge in [-0.3, -0.25) is 14.6 Å². The van der Waals surface area contributed by atoms with Crippen molar-refractivity contribution in [2.24, 2.45) is 7.05 Å². The lowest BCUT2D eigenvalue weighted by Crippen LogP contribution is -2.47. The fourth-order valence-electron chi connectivity index (χ4n) is 4.62. The summed E-state index contributed by atoms with van der Waals surface area (Å²) in [5.74, 6) is 1.11. The number of fused-ring (bicyclic) bond motifs is 1. The summed E-state index contributed by atoms with van der Waals surface area (Å²) in [5.41, 5.74) is 2.33. The van der Waals surface area contributed by atoms with Gasteiger partial charge >= 0.3 is 6.18 Å². The summed E-state index contributed by atoms with van der Waals surface area (Å²) in [6.07, 6.45) is 0.228. The number of aryl methyl sites for hydroxylation is 1. The summed E-state index contributed by atoms with van der Waals surface area (Å²) in [6, 6.07) is 10.5. The van der Waals surface area contributed by atoms with Crippen molar-refractivity contribution < 1.29 is 18.0 Å². The van der Waals surface area contributed by atoms with Crippen LogP contribution in [-0.4, -0.2) is 42.6 Å². The predicted octanol–water partition coefficient (Wildman–Crippen LogP) is 4.65. The maximum atomic E-state index is 13.1. The summed E-state index contributed by atoms with van der Waals surface area (Å²) in [6.45, 7) is 0. The van der Waals surface area contributed by atoms with Gasteiger partial charge in [0.1, 0.15) is 11.4 Å². The van der Waals surface area contributed by atoms with E-state index in [2.05, 4.69) is 26.7 Å². The average molecular weight is 480 g/mol. The van der Waals surface area contributed by atoms with E-state index < -0.39 is 17.6 Å². The van der Waals surface area contributed by atoms with Gasteiger partial charge in [0.2, 0.25) is 0 Å². The van der Waals surface area contributed by atoms with Gasteiger partial charge in [0, 0.05) is 30.0 Å². The zero-order valence-corrected chi connectivity index (χ0v) is 19.0. The number of hydrogen-bond donors (Lipinski definition) is 2. The number of benzene rings is 2. The number of nitrogens with one attached hydrogen (secondary N) is 2. The van der Waals surface area contributed by atoms with Crippen molar-refractivity contribution in [3.63, 3.8) is 0 Å². The van der Waals surface area contributed by atoms with Crippen LogP contribution in [0.2, 0.25) is 0 Å². The Labute approximate surface area is 198 Å². The molecule has 2 aromatic heterocycles. The second-order valence-corrected chi connectivity index (χ2v) is 9.51. The number of carbonyl (C=O) groups excluding carboxylic acids is 1. The monoisotopic (exact) mass is 480 g/mol. The van der Waals surface area contributed by atoms with Crippen LogP contribution in [0.25, 0.3) is 22.3 Å². The molecular formula is C25H23F3N6O. The molecule has 2 aromatic carbocycles. The molecule has 0 spiro atoms. The third kappa shape index (κ3) is 3.86. The minimum absolute atomic E-state index is 0.0864. The lowest BCUT2D eigenvalue weighted by atomic mass is 9.97. The summed E-state index contributed by atoms with van der Waals surface area (Å²) < 4.78 is 41.2. The van der Waals surface area contributed by atoms with E-state index in [1.165, 1.54) is 36.1 Å². The third-order valence-electron chi connectivity index (χ3n) is 6.99. The fraction of sp³-hybridized carbons (Fsp3) is 0.360. The summed E-state index contributed by atoms with van der Waals surface area (Å²) >= 11 is 0. The molecule has 35 heavy (non-hydrogen) atoms. The standard InChI is InChI=1S/C25H23F3N6O/c1-34-20(12-17-8-9-19-18(13-29-32-19)21(17)14-2-3-14)30-22(33-34)15-4-6-16(7-5-15)23(35)31-24(10-11-24)25(26,27)28/h4-9,13-14H,2-3,10-12H2,1H3,(H,29,32)(H,31,35). The first-order valence-electron chi connectivity index (χ1n) is 11.6. The Kier molecular flexibility index (Phi) is 4.77. The Morgan fingerprint density at radius 2 is 1.91 bits per heavy atom. The summed E-state index contributed by atoms with van der Waals surface area (Å²) in [4.78, 5) is 17.1. The number of alkyl halides is 3. The molecule has 6 rings (SSSR count). The van der Waals surface area contributed by atoms with Gasteiger partial charge in [-0.25, -0.2) is 4.98 Å². The van der Waals surface area contributed by atoms with Crippen molar-refractivity contribution in [3.05, 3.63) is 65.1 Å². The van der Waals surface area contributed by atoms with E-state index in [0.717, 1.165) is 16.7 Å². The highest BCUT2D eigenvalue weighted by Gasteiger charge is 2.64. The Hall–Kier alpha value is -3.69. The van der Waals surface area contributed by atoms with Crippen molar-refractivity contribution in [2.75, 3.05) is 0 Å². The molecule has 0 aliphatic heterocycles. The molecule has 180 valence electrons. The van der Waals surface area contributed by atoms with Gasteiger partial charge < -0.3 is 5.32 Å². The molecule has 0 saturated heterocycles. The van der Waals surface area contributed by atoms with Crippen molar-refractivity contribution >= 4 is 16.8 Å². The number of aromatic nitrogens is 5. The van der Waals surface area contributed by atoms with Gasteiger partial charge in [0.05, 0.1) is 11.7 Å². The van der Waals surface area contributed by atoms with Gasteiger partial charge in [0.25, 0.3) is 5.91 Å². The van der Waals surface area contributed by atoms with Crippen molar-refractivity contribution in [2.45, 2.75) is 49.7 Å². The lowest BCUT2D eigenvalue weighted by molar-refractivity contribution is -0.163. The number of nitrogens with zero attached hydrogens (tertiary/aromatic N) is 4. The van der Waals surface area contributed by atoms with E-state index in [0.29, 0.717) is 23.7 Å². The number of H-pyrrole nitrogens is 1. The van der Waals surface area contributed by atoms with E-state index in [9.17, 15) is 18.0 Å². The largest absolute Gasteiger partial charge is 0.411 e. The van der Waals surface area contributed by atoms with Crippen LogP contribution in [0.5, 0.6) is 0 Å².